The lowest BCUT2D eigenvalue weighted by molar-refractivity contribution is 0.0940. The largest absolute Gasteiger partial charge is 0.396 e. The molecular formula is C19H26FN3O2. The Balaban J connectivity index is 2.09. The second-order valence-corrected chi connectivity index (χ2v) is 6.72. The zero-order chi connectivity index (χ0) is 18.4. The lowest BCUT2D eigenvalue weighted by Gasteiger charge is -2.18. The maximum absolute atomic E-state index is 13.9. The highest BCUT2D eigenvalue weighted by atomic mass is 19.1. The number of carbonyl (C=O) groups is 1. The van der Waals surface area contributed by atoms with Crippen molar-refractivity contribution in [2.45, 2.75) is 33.6 Å². The molecule has 0 saturated carbocycles. The van der Waals surface area contributed by atoms with Crippen LogP contribution in [0.3, 0.4) is 0 Å². The van der Waals surface area contributed by atoms with Gasteiger partial charge in [0.05, 0.1) is 17.5 Å². The van der Waals surface area contributed by atoms with Gasteiger partial charge in [0.2, 0.25) is 0 Å². The predicted molar refractivity (Wildman–Crippen MR) is 95.2 cm³/mol. The van der Waals surface area contributed by atoms with Gasteiger partial charge in [-0.05, 0) is 43.7 Å². The fraction of sp³-hybridized carbons (Fsp3) is 0.474. The average Bonchev–Trinajstić information content (AvgIpc) is 2.94. The molecule has 0 saturated heterocycles. The van der Waals surface area contributed by atoms with Crippen LogP contribution in [0.5, 0.6) is 0 Å². The summed E-state index contributed by atoms with van der Waals surface area (Å²) >= 11 is 0. The molecule has 0 aliphatic heterocycles. The van der Waals surface area contributed by atoms with E-state index < -0.39 is 0 Å². The van der Waals surface area contributed by atoms with Crippen molar-refractivity contribution >= 4 is 5.91 Å². The molecule has 1 amide bonds. The van der Waals surface area contributed by atoms with Crippen LogP contribution >= 0.6 is 0 Å². The first-order valence-electron chi connectivity index (χ1n) is 8.62. The molecule has 5 nitrogen and oxygen atoms in total. The van der Waals surface area contributed by atoms with E-state index in [4.69, 9.17) is 5.11 Å². The number of aliphatic hydroxyl groups is 1. The molecule has 1 heterocycles. The molecule has 1 atom stereocenters. The van der Waals surface area contributed by atoms with E-state index in [1.54, 1.807) is 25.1 Å². The van der Waals surface area contributed by atoms with E-state index in [9.17, 15) is 9.18 Å². The molecule has 25 heavy (non-hydrogen) atoms. The van der Waals surface area contributed by atoms with Crippen molar-refractivity contribution in [1.29, 1.82) is 0 Å². The third kappa shape index (κ3) is 4.89. The number of nitrogens with zero attached hydrogens (tertiary/aromatic N) is 2. The number of carbonyl (C=O) groups excluding carboxylic acids is 1. The second-order valence-electron chi connectivity index (χ2n) is 6.72. The minimum Gasteiger partial charge on any atom is -0.396 e. The number of nitrogens with one attached hydrogen (secondary N) is 1. The van der Waals surface area contributed by atoms with Crippen LogP contribution in [0, 0.1) is 24.6 Å². The molecule has 1 unspecified atom stereocenters. The molecule has 2 rings (SSSR count). The normalized spacial score (nSPS) is 12.4. The molecule has 0 aliphatic carbocycles. The molecule has 0 spiro atoms. The summed E-state index contributed by atoms with van der Waals surface area (Å²) in [5, 5.41) is 16.2. The first kappa shape index (κ1) is 19.1. The lowest BCUT2D eigenvalue weighted by atomic mass is 9.94. The fourth-order valence-electron chi connectivity index (χ4n) is 2.98. The number of hydrogen-bond acceptors (Lipinski definition) is 3. The number of amides is 1. The van der Waals surface area contributed by atoms with E-state index in [-0.39, 0.29) is 24.2 Å². The first-order chi connectivity index (χ1) is 11.9. The van der Waals surface area contributed by atoms with Crippen molar-refractivity contribution < 1.29 is 14.3 Å². The highest BCUT2D eigenvalue weighted by Gasteiger charge is 2.18. The standard InChI is InChI=1S/C19H26FN3O2/c1-13(2)10-15(8-9-24)11-21-19(25)16-12-22-23(14(16)3)18-7-5-4-6-17(18)20/h4-7,12-13,15,24H,8-11H2,1-3H3,(H,21,25). The van der Waals surface area contributed by atoms with Gasteiger partial charge in [0.15, 0.2) is 0 Å². The Hall–Kier alpha value is -2.21. The topological polar surface area (TPSA) is 67.2 Å². The Bertz CT molecular complexity index is 712. The van der Waals surface area contributed by atoms with Crippen molar-refractivity contribution in [1.82, 2.24) is 15.1 Å². The van der Waals surface area contributed by atoms with E-state index in [0.717, 1.165) is 6.42 Å². The Morgan fingerprint density at radius 2 is 2.08 bits per heavy atom. The summed E-state index contributed by atoms with van der Waals surface area (Å²) in [6, 6.07) is 6.32. The van der Waals surface area contributed by atoms with Crippen LogP contribution in [0.4, 0.5) is 4.39 Å². The fourth-order valence-corrected chi connectivity index (χ4v) is 2.98. The Morgan fingerprint density at radius 3 is 2.72 bits per heavy atom. The van der Waals surface area contributed by atoms with Crippen LogP contribution < -0.4 is 5.32 Å². The zero-order valence-electron chi connectivity index (χ0n) is 15.0. The maximum atomic E-state index is 13.9. The summed E-state index contributed by atoms with van der Waals surface area (Å²) in [5.41, 5.74) is 1.33. The number of aromatic nitrogens is 2. The number of hydrogen-bond donors (Lipinski definition) is 2. The second kappa shape index (κ2) is 8.76. The van der Waals surface area contributed by atoms with E-state index >= 15 is 0 Å². The van der Waals surface area contributed by atoms with Crippen molar-refractivity contribution in [3.8, 4) is 5.69 Å². The number of aliphatic hydroxyl groups excluding tert-OH is 1. The number of halogens is 1. The van der Waals surface area contributed by atoms with Gasteiger partial charge in [0.25, 0.3) is 5.91 Å². The van der Waals surface area contributed by atoms with E-state index in [2.05, 4.69) is 24.3 Å². The number of para-hydroxylation sites is 1. The summed E-state index contributed by atoms with van der Waals surface area (Å²) in [5.74, 6) is 0.113. The first-order valence-corrected chi connectivity index (χ1v) is 8.62. The van der Waals surface area contributed by atoms with Gasteiger partial charge in [-0.15, -0.1) is 0 Å². The smallest absolute Gasteiger partial charge is 0.254 e. The van der Waals surface area contributed by atoms with Gasteiger partial charge in [-0.3, -0.25) is 4.79 Å². The van der Waals surface area contributed by atoms with Crippen LogP contribution in [0.15, 0.2) is 30.5 Å². The van der Waals surface area contributed by atoms with E-state index in [0.29, 0.717) is 35.8 Å². The maximum Gasteiger partial charge on any atom is 0.254 e. The van der Waals surface area contributed by atoms with Crippen LogP contribution in [-0.2, 0) is 0 Å². The quantitative estimate of drug-likeness (QED) is 0.771. The molecule has 2 N–H and O–H groups in total. The molecule has 0 aliphatic rings. The molecule has 6 heteroatoms. The van der Waals surface area contributed by atoms with Crippen LogP contribution in [0.2, 0.25) is 0 Å². The van der Waals surface area contributed by atoms with Gasteiger partial charge >= 0.3 is 0 Å². The summed E-state index contributed by atoms with van der Waals surface area (Å²) in [4.78, 5) is 12.5. The van der Waals surface area contributed by atoms with E-state index in [1.807, 2.05) is 0 Å². The Kier molecular flexibility index (Phi) is 6.70. The molecule has 1 aromatic carbocycles. The van der Waals surface area contributed by atoms with Crippen LogP contribution in [0.1, 0.15) is 42.7 Å². The monoisotopic (exact) mass is 347 g/mol. The highest BCUT2D eigenvalue weighted by Crippen LogP contribution is 2.18. The third-order valence-corrected chi connectivity index (χ3v) is 4.23. The van der Waals surface area contributed by atoms with Gasteiger partial charge in [0, 0.05) is 13.2 Å². The van der Waals surface area contributed by atoms with Crippen LogP contribution in [0.25, 0.3) is 5.69 Å². The summed E-state index contributed by atoms with van der Waals surface area (Å²) in [7, 11) is 0. The Morgan fingerprint density at radius 1 is 1.36 bits per heavy atom. The molecular weight excluding hydrogens is 321 g/mol. The SMILES string of the molecule is Cc1c(C(=O)NCC(CCO)CC(C)C)cnn1-c1ccccc1F. The molecule has 0 bridgehead atoms. The summed E-state index contributed by atoms with van der Waals surface area (Å²) < 4.78 is 15.4. The van der Waals surface area contributed by atoms with Crippen molar-refractivity contribution in [2.75, 3.05) is 13.2 Å². The van der Waals surface area contributed by atoms with Crippen molar-refractivity contribution in [2.24, 2.45) is 11.8 Å². The lowest BCUT2D eigenvalue weighted by Crippen LogP contribution is -2.30. The van der Waals surface area contributed by atoms with Gasteiger partial charge in [0.1, 0.15) is 11.5 Å². The highest BCUT2D eigenvalue weighted by molar-refractivity contribution is 5.95. The Labute approximate surface area is 147 Å². The van der Waals surface area contributed by atoms with Crippen molar-refractivity contribution in [3.63, 3.8) is 0 Å². The molecule has 136 valence electrons. The molecule has 0 fully saturated rings. The minimum absolute atomic E-state index is 0.109. The van der Waals surface area contributed by atoms with Crippen molar-refractivity contribution in [3.05, 3.63) is 47.5 Å². The third-order valence-electron chi connectivity index (χ3n) is 4.23. The number of benzene rings is 1. The van der Waals surface area contributed by atoms with Gasteiger partial charge < -0.3 is 10.4 Å². The van der Waals surface area contributed by atoms with Gasteiger partial charge in [-0.25, -0.2) is 9.07 Å². The van der Waals surface area contributed by atoms with Gasteiger partial charge in [-0.1, -0.05) is 26.0 Å². The summed E-state index contributed by atoms with van der Waals surface area (Å²) in [6.07, 6.45) is 3.06. The van der Waals surface area contributed by atoms with Crippen LogP contribution in [-0.4, -0.2) is 33.9 Å². The average molecular weight is 347 g/mol. The molecule has 1 aromatic heterocycles. The minimum atomic E-state index is -0.388. The number of rotatable bonds is 8. The van der Waals surface area contributed by atoms with Gasteiger partial charge in [-0.2, -0.15) is 5.10 Å². The summed E-state index contributed by atoms with van der Waals surface area (Å²) in [6.45, 7) is 6.59. The zero-order valence-corrected chi connectivity index (χ0v) is 15.0. The molecule has 0 radical (unpaired) electrons. The predicted octanol–water partition coefficient (Wildman–Crippen LogP) is 3.09. The molecule has 2 aromatic rings. The van der Waals surface area contributed by atoms with E-state index in [1.165, 1.54) is 16.9 Å².